The first-order valence-electron chi connectivity index (χ1n) is 3.39. The van der Waals surface area contributed by atoms with Crippen molar-refractivity contribution in [2.75, 3.05) is 0 Å². The molecule has 0 bridgehead atoms. The van der Waals surface area contributed by atoms with Gasteiger partial charge in [0.05, 0.1) is 0 Å². The molecule has 0 heterocycles. The van der Waals surface area contributed by atoms with E-state index in [-0.39, 0.29) is 12.1 Å². The minimum absolute atomic E-state index is 0.227. The number of rotatable bonds is 0. The largest absolute Gasteiger partial charge is 0.324 e. The maximum absolute atomic E-state index is 5.70. The van der Waals surface area contributed by atoms with Crippen LogP contribution in [0, 0.1) is 5.92 Å². The summed E-state index contributed by atoms with van der Waals surface area (Å²) in [5.41, 5.74) is 11.3. The average molecular weight is 126 g/mol. The lowest BCUT2D eigenvalue weighted by molar-refractivity contribution is 0.437. The third kappa shape index (κ3) is 1.53. The molecule has 0 aromatic carbocycles. The molecule has 3 unspecified atom stereocenters. The fraction of sp³-hybridized carbons (Fsp3) is 0.714. The second-order valence-corrected chi connectivity index (χ2v) is 2.84. The molecule has 52 valence electrons. The van der Waals surface area contributed by atoms with E-state index in [0.29, 0.717) is 5.92 Å². The highest BCUT2D eigenvalue weighted by Gasteiger charge is 2.16. The predicted molar refractivity (Wildman–Crippen MR) is 38.9 cm³/mol. The van der Waals surface area contributed by atoms with Gasteiger partial charge in [0.1, 0.15) is 0 Å². The zero-order valence-corrected chi connectivity index (χ0v) is 5.75. The Hall–Kier alpha value is -0.340. The standard InChI is InChI=1S/C7H14N2/c1-5-4-6(8)2-3-7(5)9/h2-3,5-7H,4,8-9H2,1H3. The summed E-state index contributed by atoms with van der Waals surface area (Å²) in [4.78, 5) is 0. The topological polar surface area (TPSA) is 52.0 Å². The van der Waals surface area contributed by atoms with Crippen molar-refractivity contribution in [3.8, 4) is 0 Å². The molecule has 0 amide bonds. The van der Waals surface area contributed by atoms with Crippen molar-refractivity contribution in [1.29, 1.82) is 0 Å². The number of hydrogen-bond acceptors (Lipinski definition) is 2. The van der Waals surface area contributed by atoms with E-state index in [1.165, 1.54) is 0 Å². The molecule has 9 heavy (non-hydrogen) atoms. The van der Waals surface area contributed by atoms with E-state index in [9.17, 15) is 0 Å². The lowest BCUT2D eigenvalue weighted by Gasteiger charge is -2.23. The van der Waals surface area contributed by atoms with Crippen molar-refractivity contribution >= 4 is 0 Å². The van der Waals surface area contributed by atoms with Crippen LogP contribution in [0.15, 0.2) is 12.2 Å². The first-order chi connectivity index (χ1) is 4.20. The van der Waals surface area contributed by atoms with E-state index < -0.39 is 0 Å². The van der Waals surface area contributed by atoms with Crippen LogP contribution in [0.2, 0.25) is 0 Å². The maximum atomic E-state index is 5.70. The summed E-state index contributed by atoms with van der Waals surface area (Å²) < 4.78 is 0. The van der Waals surface area contributed by atoms with Crippen molar-refractivity contribution in [2.24, 2.45) is 17.4 Å². The van der Waals surface area contributed by atoms with Crippen LogP contribution in [0.25, 0.3) is 0 Å². The van der Waals surface area contributed by atoms with E-state index in [1.807, 2.05) is 12.2 Å². The molecule has 1 aliphatic rings. The fourth-order valence-corrected chi connectivity index (χ4v) is 1.13. The van der Waals surface area contributed by atoms with Crippen LogP contribution in [0.5, 0.6) is 0 Å². The molecule has 2 nitrogen and oxygen atoms in total. The third-order valence-electron chi connectivity index (χ3n) is 1.88. The van der Waals surface area contributed by atoms with Crippen molar-refractivity contribution in [3.63, 3.8) is 0 Å². The Kier molecular flexibility index (Phi) is 1.88. The van der Waals surface area contributed by atoms with Crippen molar-refractivity contribution in [2.45, 2.75) is 25.4 Å². The summed E-state index contributed by atoms with van der Waals surface area (Å²) in [7, 11) is 0. The Labute approximate surface area is 55.9 Å². The Bertz CT molecular complexity index is 120. The molecule has 1 aliphatic carbocycles. The zero-order chi connectivity index (χ0) is 6.85. The van der Waals surface area contributed by atoms with Gasteiger partial charge in [-0.1, -0.05) is 19.1 Å². The molecular weight excluding hydrogens is 112 g/mol. The maximum Gasteiger partial charge on any atom is 0.0251 e. The molecule has 1 rings (SSSR count). The Morgan fingerprint density at radius 2 is 2.00 bits per heavy atom. The first-order valence-corrected chi connectivity index (χ1v) is 3.39. The van der Waals surface area contributed by atoms with Gasteiger partial charge in [0, 0.05) is 12.1 Å². The summed E-state index contributed by atoms with van der Waals surface area (Å²) in [6.07, 6.45) is 5.02. The highest BCUT2D eigenvalue weighted by molar-refractivity contribution is 5.05. The van der Waals surface area contributed by atoms with Gasteiger partial charge in [-0.15, -0.1) is 0 Å². The lowest BCUT2D eigenvalue weighted by atomic mass is 9.89. The first kappa shape index (κ1) is 6.78. The van der Waals surface area contributed by atoms with E-state index in [0.717, 1.165) is 6.42 Å². The molecular formula is C7H14N2. The Morgan fingerprint density at radius 3 is 2.44 bits per heavy atom. The second-order valence-electron chi connectivity index (χ2n) is 2.84. The van der Waals surface area contributed by atoms with Gasteiger partial charge >= 0.3 is 0 Å². The van der Waals surface area contributed by atoms with Gasteiger partial charge in [0.15, 0.2) is 0 Å². The predicted octanol–water partition coefficient (Wildman–Crippen LogP) is 0.237. The van der Waals surface area contributed by atoms with Gasteiger partial charge in [-0.25, -0.2) is 0 Å². The number of hydrogen-bond donors (Lipinski definition) is 2. The van der Waals surface area contributed by atoms with Crippen LogP contribution in [0.1, 0.15) is 13.3 Å². The normalized spacial score (nSPS) is 43.2. The molecule has 2 heteroatoms. The zero-order valence-electron chi connectivity index (χ0n) is 5.75. The van der Waals surface area contributed by atoms with Crippen LogP contribution in [0.4, 0.5) is 0 Å². The summed E-state index contributed by atoms with van der Waals surface area (Å²) >= 11 is 0. The Morgan fingerprint density at radius 1 is 1.33 bits per heavy atom. The van der Waals surface area contributed by atoms with Crippen LogP contribution >= 0.6 is 0 Å². The van der Waals surface area contributed by atoms with Crippen molar-refractivity contribution in [1.82, 2.24) is 0 Å². The third-order valence-corrected chi connectivity index (χ3v) is 1.88. The summed E-state index contributed by atoms with van der Waals surface area (Å²) in [5, 5.41) is 0. The monoisotopic (exact) mass is 126 g/mol. The quantitative estimate of drug-likeness (QED) is 0.457. The van der Waals surface area contributed by atoms with Gasteiger partial charge in [0.2, 0.25) is 0 Å². The molecule has 0 fully saturated rings. The summed E-state index contributed by atoms with van der Waals surface area (Å²) in [6, 6.07) is 0.463. The van der Waals surface area contributed by atoms with Crippen LogP contribution < -0.4 is 11.5 Å². The average Bonchev–Trinajstić information content (AvgIpc) is 1.80. The molecule has 4 N–H and O–H groups in total. The highest BCUT2D eigenvalue weighted by atomic mass is 14.7. The molecule has 0 aromatic heterocycles. The smallest absolute Gasteiger partial charge is 0.0251 e. The van der Waals surface area contributed by atoms with E-state index in [2.05, 4.69) is 6.92 Å². The Balaban J connectivity index is 2.54. The lowest BCUT2D eigenvalue weighted by Crippen LogP contribution is -2.35. The van der Waals surface area contributed by atoms with E-state index in [1.54, 1.807) is 0 Å². The van der Waals surface area contributed by atoms with Crippen LogP contribution in [0.3, 0.4) is 0 Å². The van der Waals surface area contributed by atoms with Crippen LogP contribution in [-0.4, -0.2) is 12.1 Å². The van der Waals surface area contributed by atoms with Crippen molar-refractivity contribution < 1.29 is 0 Å². The van der Waals surface area contributed by atoms with Crippen molar-refractivity contribution in [3.05, 3.63) is 12.2 Å². The molecule has 0 aliphatic heterocycles. The minimum Gasteiger partial charge on any atom is -0.324 e. The van der Waals surface area contributed by atoms with E-state index in [4.69, 9.17) is 11.5 Å². The van der Waals surface area contributed by atoms with Gasteiger partial charge < -0.3 is 11.5 Å². The van der Waals surface area contributed by atoms with Gasteiger partial charge in [-0.05, 0) is 12.3 Å². The fourth-order valence-electron chi connectivity index (χ4n) is 1.13. The van der Waals surface area contributed by atoms with E-state index >= 15 is 0 Å². The molecule has 0 saturated carbocycles. The molecule has 0 radical (unpaired) electrons. The highest BCUT2D eigenvalue weighted by Crippen LogP contribution is 2.14. The van der Waals surface area contributed by atoms with Crippen LogP contribution in [-0.2, 0) is 0 Å². The second kappa shape index (κ2) is 2.50. The van der Waals surface area contributed by atoms with Gasteiger partial charge in [-0.3, -0.25) is 0 Å². The van der Waals surface area contributed by atoms with Gasteiger partial charge in [-0.2, -0.15) is 0 Å². The SMILES string of the molecule is CC1CC(N)C=CC1N. The minimum atomic E-state index is 0.227. The molecule has 0 aromatic rings. The van der Waals surface area contributed by atoms with Gasteiger partial charge in [0.25, 0.3) is 0 Å². The summed E-state index contributed by atoms with van der Waals surface area (Å²) in [5.74, 6) is 0.546. The molecule has 0 spiro atoms. The number of nitrogens with two attached hydrogens (primary N) is 2. The summed E-state index contributed by atoms with van der Waals surface area (Å²) in [6.45, 7) is 2.13. The molecule has 3 atom stereocenters. The molecule has 0 saturated heterocycles.